The standard InChI is InChI=1S/C32H33Cl2N5O2S/c1-22-11-14-26(15-12-22)39-30(24-8-4-3-5-9-24)35-36-32(39)42-19-7-6-10-29(40)37-17-18-38(23(2)21-37)31(41)25-13-16-27(33)28(34)20-25/h3-5,8-9,11-16,20,23H,6-7,10,17-19,21H2,1-2H3. The highest BCUT2D eigenvalue weighted by Gasteiger charge is 2.30. The summed E-state index contributed by atoms with van der Waals surface area (Å²) in [7, 11) is 0. The van der Waals surface area contributed by atoms with Crippen molar-refractivity contribution in [2.45, 2.75) is 44.3 Å². The number of carbonyl (C=O) groups excluding carboxylic acids is 2. The van der Waals surface area contributed by atoms with Gasteiger partial charge in [0.15, 0.2) is 11.0 Å². The molecule has 42 heavy (non-hydrogen) atoms. The number of unbranched alkanes of at least 4 members (excludes halogenated alkanes) is 1. The Bertz CT molecular complexity index is 1540. The molecule has 1 atom stereocenters. The molecule has 5 rings (SSSR count). The van der Waals surface area contributed by atoms with Gasteiger partial charge in [-0.25, -0.2) is 0 Å². The molecule has 1 saturated heterocycles. The summed E-state index contributed by atoms with van der Waals surface area (Å²) in [6.07, 6.45) is 2.14. The van der Waals surface area contributed by atoms with Gasteiger partial charge in [-0.15, -0.1) is 10.2 Å². The zero-order valence-electron chi connectivity index (χ0n) is 23.7. The van der Waals surface area contributed by atoms with Crippen LogP contribution in [0.2, 0.25) is 10.0 Å². The van der Waals surface area contributed by atoms with Crippen molar-refractivity contribution < 1.29 is 9.59 Å². The van der Waals surface area contributed by atoms with Crippen molar-refractivity contribution in [2.24, 2.45) is 0 Å². The topological polar surface area (TPSA) is 71.3 Å². The molecule has 1 aromatic heterocycles. The average molecular weight is 623 g/mol. The number of benzene rings is 3. The molecule has 0 aliphatic carbocycles. The van der Waals surface area contributed by atoms with Crippen LogP contribution < -0.4 is 0 Å². The third kappa shape index (κ3) is 7.00. The smallest absolute Gasteiger partial charge is 0.254 e. The predicted octanol–water partition coefficient (Wildman–Crippen LogP) is 7.19. The van der Waals surface area contributed by atoms with E-state index in [4.69, 9.17) is 23.2 Å². The minimum absolute atomic E-state index is 0.0906. The number of amides is 2. The predicted molar refractivity (Wildman–Crippen MR) is 170 cm³/mol. The maximum Gasteiger partial charge on any atom is 0.254 e. The summed E-state index contributed by atoms with van der Waals surface area (Å²) in [5.74, 6) is 1.67. The zero-order chi connectivity index (χ0) is 29.6. The van der Waals surface area contributed by atoms with Gasteiger partial charge in [0.1, 0.15) is 0 Å². The third-order valence-corrected chi connectivity index (χ3v) is 9.14. The molecule has 7 nitrogen and oxygen atoms in total. The van der Waals surface area contributed by atoms with Crippen molar-refractivity contribution in [1.29, 1.82) is 0 Å². The number of aromatic nitrogens is 3. The maximum atomic E-state index is 13.0. The monoisotopic (exact) mass is 621 g/mol. The van der Waals surface area contributed by atoms with E-state index in [9.17, 15) is 9.59 Å². The summed E-state index contributed by atoms with van der Waals surface area (Å²) in [6.45, 7) is 5.57. The molecule has 0 N–H and O–H groups in total. The highest BCUT2D eigenvalue weighted by Crippen LogP contribution is 2.29. The Kier molecular flexibility index (Phi) is 9.88. The molecular weight excluding hydrogens is 589 g/mol. The Morgan fingerprint density at radius 1 is 0.929 bits per heavy atom. The van der Waals surface area contributed by atoms with Gasteiger partial charge in [-0.3, -0.25) is 14.2 Å². The van der Waals surface area contributed by atoms with E-state index < -0.39 is 0 Å². The quantitative estimate of drug-likeness (QED) is 0.146. The fourth-order valence-corrected chi connectivity index (χ4v) is 6.29. The first kappa shape index (κ1) is 30.1. The fourth-order valence-electron chi connectivity index (χ4n) is 5.04. The van der Waals surface area contributed by atoms with Crippen LogP contribution in [0, 0.1) is 6.92 Å². The Balaban J connectivity index is 1.13. The number of rotatable bonds is 9. The van der Waals surface area contributed by atoms with E-state index in [1.165, 1.54) is 5.56 Å². The summed E-state index contributed by atoms with van der Waals surface area (Å²) in [4.78, 5) is 29.7. The number of piperazine rings is 1. The van der Waals surface area contributed by atoms with Gasteiger partial charge in [-0.05, 0) is 57.0 Å². The second-order valence-electron chi connectivity index (χ2n) is 10.5. The van der Waals surface area contributed by atoms with Crippen molar-refractivity contribution in [3.05, 3.63) is 94.0 Å². The van der Waals surface area contributed by atoms with E-state index in [2.05, 4.69) is 46.0 Å². The number of aryl methyl sites for hydroxylation is 1. The summed E-state index contributed by atoms with van der Waals surface area (Å²) < 4.78 is 2.10. The zero-order valence-corrected chi connectivity index (χ0v) is 26.0. The fraction of sp³-hybridized carbons (Fsp3) is 0.312. The molecule has 2 heterocycles. The molecule has 1 unspecified atom stereocenters. The van der Waals surface area contributed by atoms with Gasteiger partial charge in [0.05, 0.1) is 10.0 Å². The summed E-state index contributed by atoms with van der Waals surface area (Å²) in [5, 5.41) is 10.6. The molecule has 1 aliphatic rings. The minimum atomic E-state index is -0.0981. The molecule has 0 bridgehead atoms. The normalized spacial score (nSPS) is 15.2. The van der Waals surface area contributed by atoms with Crippen molar-refractivity contribution in [3.8, 4) is 17.1 Å². The van der Waals surface area contributed by atoms with E-state index in [1.54, 1.807) is 34.9 Å². The van der Waals surface area contributed by atoms with Crippen LogP contribution in [0.1, 0.15) is 42.1 Å². The highest BCUT2D eigenvalue weighted by molar-refractivity contribution is 7.99. The molecular formula is C32H33Cl2N5O2S. The SMILES string of the molecule is Cc1ccc(-n2c(SCCCCC(=O)N3CCN(C(=O)c4ccc(Cl)c(Cl)c4)C(C)C3)nnc2-c2ccccc2)cc1. The van der Waals surface area contributed by atoms with Crippen LogP contribution in [0.25, 0.3) is 17.1 Å². The number of thioether (sulfide) groups is 1. The Morgan fingerprint density at radius 3 is 2.40 bits per heavy atom. The summed E-state index contributed by atoms with van der Waals surface area (Å²) in [6, 6.07) is 23.3. The number of halogens is 2. The highest BCUT2D eigenvalue weighted by atomic mass is 35.5. The van der Waals surface area contributed by atoms with Crippen molar-refractivity contribution in [1.82, 2.24) is 24.6 Å². The second-order valence-corrected chi connectivity index (χ2v) is 12.3. The van der Waals surface area contributed by atoms with E-state index in [0.717, 1.165) is 40.8 Å². The largest absolute Gasteiger partial charge is 0.339 e. The lowest BCUT2D eigenvalue weighted by atomic mass is 10.1. The third-order valence-electron chi connectivity index (χ3n) is 7.38. The lowest BCUT2D eigenvalue weighted by Gasteiger charge is -2.40. The van der Waals surface area contributed by atoms with Gasteiger partial charge in [0.2, 0.25) is 5.91 Å². The number of hydrogen-bond donors (Lipinski definition) is 0. The maximum absolute atomic E-state index is 13.0. The van der Waals surface area contributed by atoms with E-state index in [0.29, 0.717) is 41.7 Å². The molecule has 1 aliphatic heterocycles. The van der Waals surface area contributed by atoms with Gasteiger partial charge in [0.25, 0.3) is 5.91 Å². The molecule has 0 saturated carbocycles. The van der Waals surface area contributed by atoms with Gasteiger partial charge >= 0.3 is 0 Å². The lowest BCUT2D eigenvalue weighted by Crippen LogP contribution is -2.55. The van der Waals surface area contributed by atoms with Crippen molar-refractivity contribution in [3.63, 3.8) is 0 Å². The van der Waals surface area contributed by atoms with E-state index in [1.807, 2.05) is 42.2 Å². The Labute approximate surface area is 260 Å². The van der Waals surface area contributed by atoms with Crippen LogP contribution in [0.4, 0.5) is 0 Å². The van der Waals surface area contributed by atoms with Crippen LogP contribution in [0.5, 0.6) is 0 Å². The molecule has 0 spiro atoms. The molecule has 218 valence electrons. The molecule has 2 amide bonds. The minimum Gasteiger partial charge on any atom is -0.339 e. The van der Waals surface area contributed by atoms with Gasteiger partial charge in [0, 0.05) is 54.7 Å². The van der Waals surface area contributed by atoms with Crippen LogP contribution in [0.15, 0.2) is 78.0 Å². The first-order chi connectivity index (χ1) is 20.3. The van der Waals surface area contributed by atoms with Crippen molar-refractivity contribution in [2.75, 3.05) is 25.4 Å². The van der Waals surface area contributed by atoms with E-state index in [-0.39, 0.29) is 17.9 Å². The van der Waals surface area contributed by atoms with Crippen LogP contribution >= 0.6 is 35.0 Å². The number of carbonyl (C=O) groups is 2. The molecule has 4 aromatic rings. The number of nitrogens with zero attached hydrogens (tertiary/aromatic N) is 5. The lowest BCUT2D eigenvalue weighted by molar-refractivity contribution is -0.133. The molecule has 3 aromatic carbocycles. The van der Waals surface area contributed by atoms with Crippen LogP contribution in [-0.4, -0.2) is 67.8 Å². The first-order valence-corrected chi connectivity index (χ1v) is 15.8. The molecule has 1 fully saturated rings. The number of hydrogen-bond acceptors (Lipinski definition) is 5. The summed E-state index contributed by atoms with van der Waals surface area (Å²) >= 11 is 13.8. The molecule has 0 radical (unpaired) electrons. The van der Waals surface area contributed by atoms with Crippen LogP contribution in [-0.2, 0) is 4.79 Å². The Morgan fingerprint density at radius 2 is 1.69 bits per heavy atom. The van der Waals surface area contributed by atoms with Crippen molar-refractivity contribution >= 4 is 46.8 Å². The van der Waals surface area contributed by atoms with Crippen LogP contribution in [0.3, 0.4) is 0 Å². The average Bonchev–Trinajstić information content (AvgIpc) is 3.42. The van der Waals surface area contributed by atoms with Gasteiger partial charge < -0.3 is 9.80 Å². The van der Waals surface area contributed by atoms with Gasteiger partial charge in [-0.2, -0.15) is 0 Å². The second kappa shape index (κ2) is 13.8. The molecule has 10 heteroatoms. The van der Waals surface area contributed by atoms with Gasteiger partial charge in [-0.1, -0.05) is 83.0 Å². The van der Waals surface area contributed by atoms with E-state index >= 15 is 0 Å². The first-order valence-electron chi connectivity index (χ1n) is 14.1. The summed E-state index contributed by atoms with van der Waals surface area (Å²) in [5.41, 5.74) is 3.73. The Hall–Kier alpha value is -3.33.